The highest BCUT2D eigenvalue weighted by Crippen LogP contribution is 2.13. The van der Waals surface area contributed by atoms with Crippen molar-refractivity contribution in [2.24, 2.45) is 0 Å². The third kappa shape index (κ3) is 3.42. The largest absolute Gasteiger partial charge is 0.465 e. The minimum Gasteiger partial charge on any atom is -0.465 e. The van der Waals surface area contributed by atoms with E-state index in [0.717, 1.165) is 23.1 Å². The number of aliphatic hydroxyl groups is 1. The lowest BCUT2D eigenvalue weighted by Crippen LogP contribution is -2.01. The summed E-state index contributed by atoms with van der Waals surface area (Å²) in [6.45, 7) is 0.0537. The van der Waals surface area contributed by atoms with Gasteiger partial charge in [0.15, 0.2) is 0 Å². The van der Waals surface area contributed by atoms with Crippen LogP contribution in [0.4, 0.5) is 0 Å². The summed E-state index contributed by atoms with van der Waals surface area (Å²) in [5, 5.41) is 8.99. The fourth-order valence-corrected chi connectivity index (χ4v) is 1.92. The quantitative estimate of drug-likeness (QED) is 0.855. The molecule has 98 valence electrons. The van der Waals surface area contributed by atoms with Crippen molar-refractivity contribution in [3.63, 3.8) is 0 Å². The van der Waals surface area contributed by atoms with Crippen molar-refractivity contribution in [2.75, 3.05) is 7.11 Å². The zero-order valence-electron chi connectivity index (χ0n) is 10.8. The number of carbonyl (C=O) groups excluding carboxylic acids is 1. The van der Waals surface area contributed by atoms with Gasteiger partial charge < -0.3 is 9.84 Å². The minimum absolute atomic E-state index is 0.0537. The fraction of sp³-hybridized carbons (Fsp3) is 0.188. The molecule has 0 atom stereocenters. The fourth-order valence-electron chi connectivity index (χ4n) is 1.92. The lowest BCUT2D eigenvalue weighted by Gasteiger charge is -2.05. The van der Waals surface area contributed by atoms with Gasteiger partial charge in [-0.3, -0.25) is 0 Å². The van der Waals surface area contributed by atoms with Gasteiger partial charge in [-0.1, -0.05) is 36.4 Å². The second-order valence-electron chi connectivity index (χ2n) is 4.34. The molecule has 2 rings (SSSR count). The molecule has 1 N–H and O–H groups in total. The number of carbonyl (C=O) groups is 1. The highest BCUT2D eigenvalue weighted by atomic mass is 16.5. The Kier molecular flexibility index (Phi) is 4.31. The average Bonchev–Trinajstić information content (AvgIpc) is 2.47. The Morgan fingerprint density at radius 3 is 2.37 bits per heavy atom. The molecule has 0 amide bonds. The van der Waals surface area contributed by atoms with E-state index in [0.29, 0.717) is 5.56 Å². The lowest BCUT2D eigenvalue weighted by molar-refractivity contribution is 0.0600. The number of hydrogen-bond donors (Lipinski definition) is 1. The van der Waals surface area contributed by atoms with Crippen LogP contribution in [0.15, 0.2) is 48.5 Å². The van der Waals surface area contributed by atoms with Crippen LogP contribution in [-0.4, -0.2) is 18.2 Å². The van der Waals surface area contributed by atoms with Crippen LogP contribution >= 0.6 is 0 Å². The summed E-state index contributed by atoms with van der Waals surface area (Å²) >= 11 is 0. The minimum atomic E-state index is -0.322. The molecule has 0 aliphatic carbocycles. The Balaban J connectivity index is 2.16. The zero-order valence-corrected chi connectivity index (χ0v) is 10.8. The van der Waals surface area contributed by atoms with E-state index in [1.54, 1.807) is 6.07 Å². The normalized spacial score (nSPS) is 10.2. The second-order valence-corrected chi connectivity index (χ2v) is 4.34. The van der Waals surface area contributed by atoms with Gasteiger partial charge in [0.1, 0.15) is 0 Å². The van der Waals surface area contributed by atoms with Crippen molar-refractivity contribution in [2.45, 2.75) is 13.0 Å². The number of aliphatic hydroxyl groups excluding tert-OH is 1. The maximum absolute atomic E-state index is 11.5. The lowest BCUT2D eigenvalue weighted by atomic mass is 10.0. The van der Waals surface area contributed by atoms with E-state index in [1.807, 2.05) is 42.5 Å². The highest BCUT2D eigenvalue weighted by Gasteiger charge is 2.05. The summed E-state index contributed by atoms with van der Waals surface area (Å²) < 4.78 is 4.71. The van der Waals surface area contributed by atoms with E-state index >= 15 is 0 Å². The molecule has 3 heteroatoms. The van der Waals surface area contributed by atoms with Crippen molar-refractivity contribution < 1.29 is 14.6 Å². The molecule has 0 saturated carbocycles. The van der Waals surface area contributed by atoms with Crippen LogP contribution < -0.4 is 0 Å². The number of rotatable bonds is 4. The SMILES string of the molecule is COC(=O)c1cccc(Cc2ccc(CO)cc2)c1. The van der Waals surface area contributed by atoms with E-state index in [9.17, 15) is 4.79 Å². The maximum Gasteiger partial charge on any atom is 0.337 e. The number of benzene rings is 2. The number of esters is 1. The molecule has 3 nitrogen and oxygen atoms in total. The van der Waals surface area contributed by atoms with Gasteiger partial charge in [0.2, 0.25) is 0 Å². The molecule has 2 aromatic carbocycles. The first-order valence-electron chi connectivity index (χ1n) is 6.09. The molecule has 0 saturated heterocycles. The van der Waals surface area contributed by atoms with Crippen LogP contribution in [0.2, 0.25) is 0 Å². The standard InChI is InChI=1S/C16H16O3/c1-19-16(18)15-4-2-3-14(10-15)9-12-5-7-13(11-17)8-6-12/h2-8,10,17H,9,11H2,1H3. The first-order chi connectivity index (χ1) is 9.22. The van der Waals surface area contributed by atoms with Gasteiger partial charge in [-0.25, -0.2) is 4.79 Å². The summed E-state index contributed by atoms with van der Waals surface area (Å²) in [4.78, 5) is 11.5. The Labute approximate surface area is 112 Å². The number of hydrogen-bond acceptors (Lipinski definition) is 3. The Hall–Kier alpha value is -2.13. The summed E-state index contributed by atoms with van der Waals surface area (Å²) in [5.41, 5.74) is 3.65. The molecular formula is C16H16O3. The van der Waals surface area contributed by atoms with Crippen molar-refractivity contribution >= 4 is 5.97 Å². The van der Waals surface area contributed by atoms with Crippen molar-refractivity contribution in [3.05, 3.63) is 70.8 Å². The van der Waals surface area contributed by atoms with Gasteiger partial charge in [-0.15, -0.1) is 0 Å². The highest BCUT2D eigenvalue weighted by molar-refractivity contribution is 5.89. The van der Waals surface area contributed by atoms with Crippen LogP contribution in [0.1, 0.15) is 27.0 Å². The topological polar surface area (TPSA) is 46.5 Å². The molecule has 0 aromatic heterocycles. The van der Waals surface area contributed by atoms with E-state index in [4.69, 9.17) is 9.84 Å². The first-order valence-corrected chi connectivity index (χ1v) is 6.09. The molecular weight excluding hydrogens is 240 g/mol. The molecule has 0 aliphatic rings. The van der Waals surface area contributed by atoms with Crippen LogP contribution in [0.5, 0.6) is 0 Å². The molecule has 2 aromatic rings. The van der Waals surface area contributed by atoms with E-state index in [-0.39, 0.29) is 12.6 Å². The molecule has 0 fully saturated rings. The van der Waals surface area contributed by atoms with Gasteiger partial charge in [-0.05, 0) is 35.2 Å². The zero-order chi connectivity index (χ0) is 13.7. The van der Waals surface area contributed by atoms with Gasteiger partial charge in [-0.2, -0.15) is 0 Å². The molecule has 19 heavy (non-hydrogen) atoms. The van der Waals surface area contributed by atoms with Crippen molar-refractivity contribution in [1.82, 2.24) is 0 Å². The maximum atomic E-state index is 11.5. The predicted molar refractivity (Wildman–Crippen MR) is 73.0 cm³/mol. The Bertz CT molecular complexity index is 558. The third-order valence-electron chi connectivity index (χ3n) is 2.96. The molecule has 0 bridgehead atoms. The van der Waals surface area contributed by atoms with Gasteiger partial charge >= 0.3 is 5.97 Å². The molecule has 0 radical (unpaired) electrons. The summed E-state index contributed by atoms with van der Waals surface area (Å²) in [6, 6.07) is 15.2. The predicted octanol–water partition coefficient (Wildman–Crippen LogP) is 2.56. The smallest absolute Gasteiger partial charge is 0.337 e. The molecule has 0 aliphatic heterocycles. The monoisotopic (exact) mass is 256 g/mol. The van der Waals surface area contributed by atoms with E-state index < -0.39 is 0 Å². The summed E-state index contributed by atoms with van der Waals surface area (Å²) in [7, 11) is 1.38. The van der Waals surface area contributed by atoms with E-state index in [2.05, 4.69) is 0 Å². The average molecular weight is 256 g/mol. The summed E-state index contributed by atoms with van der Waals surface area (Å²) in [5.74, 6) is -0.322. The molecule has 0 heterocycles. The van der Waals surface area contributed by atoms with Crippen LogP contribution in [0.25, 0.3) is 0 Å². The van der Waals surface area contributed by atoms with Crippen molar-refractivity contribution in [3.8, 4) is 0 Å². The molecule has 0 spiro atoms. The van der Waals surface area contributed by atoms with Crippen LogP contribution in [0, 0.1) is 0 Å². The summed E-state index contributed by atoms with van der Waals surface area (Å²) in [6.07, 6.45) is 0.747. The molecule has 0 unspecified atom stereocenters. The van der Waals surface area contributed by atoms with Gasteiger partial charge in [0, 0.05) is 0 Å². The van der Waals surface area contributed by atoms with Crippen molar-refractivity contribution in [1.29, 1.82) is 0 Å². The number of methoxy groups -OCH3 is 1. The van der Waals surface area contributed by atoms with E-state index in [1.165, 1.54) is 7.11 Å². The first kappa shape index (κ1) is 13.3. The Morgan fingerprint density at radius 1 is 1.05 bits per heavy atom. The number of ether oxygens (including phenoxy) is 1. The van der Waals surface area contributed by atoms with Gasteiger partial charge in [0.25, 0.3) is 0 Å². The van der Waals surface area contributed by atoms with Gasteiger partial charge in [0.05, 0.1) is 19.3 Å². The Morgan fingerprint density at radius 2 is 1.74 bits per heavy atom. The van der Waals surface area contributed by atoms with Crippen LogP contribution in [-0.2, 0) is 17.8 Å². The third-order valence-corrected chi connectivity index (χ3v) is 2.96. The second kappa shape index (κ2) is 6.16. The van der Waals surface area contributed by atoms with Crippen LogP contribution in [0.3, 0.4) is 0 Å².